The van der Waals surface area contributed by atoms with Gasteiger partial charge in [-0.2, -0.15) is 0 Å². The molecule has 0 heterocycles. The third-order valence-corrected chi connectivity index (χ3v) is 14.4. The summed E-state index contributed by atoms with van der Waals surface area (Å²) in [5, 5.41) is 3.37. The Hall–Kier alpha value is -4.20. The van der Waals surface area contributed by atoms with E-state index in [1.165, 1.54) is 67.2 Å². The molecule has 0 atom stereocenters. The lowest BCUT2D eigenvalue weighted by Crippen LogP contribution is -2.37. The van der Waals surface area contributed by atoms with Crippen LogP contribution in [0.1, 0.15) is 38.9 Å². The van der Waals surface area contributed by atoms with E-state index in [4.69, 9.17) is 0 Å². The second-order valence-corrected chi connectivity index (χ2v) is 17.0. The minimum atomic E-state index is -2.01. The Kier molecular flexibility index (Phi) is 6.92. The van der Waals surface area contributed by atoms with Crippen LogP contribution in [0.15, 0.2) is 126 Å². The second kappa shape index (κ2) is 10.9. The third kappa shape index (κ3) is 4.93. The molecule has 206 valence electrons. The maximum Gasteiger partial charge on any atom is 0.107 e. The van der Waals surface area contributed by atoms with Gasteiger partial charge in [0.1, 0.15) is 8.07 Å². The summed E-state index contributed by atoms with van der Waals surface area (Å²) >= 11 is 0. The molecule has 0 spiro atoms. The molecule has 0 saturated carbocycles. The molecule has 42 heavy (non-hydrogen) atoms. The quantitative estimate of drug-likeness (QED) is 0.174. The van der Waals surface area contributed by atoms with Crippen LogP contribution in [-0.2, 0) is 19.3 Å². The van der Waals surface area contributed by atoms with Crippen molar-refractivity contribution in [2.45, 2.75) is 45.7 Å². The third-order valence-electron chi connectivity index (χ3n) is 9.62. The topological polar surface area (TPSA) is 0 Å². The minimum Gasteiger partial charge on any atom is -0.0712 e. The molecule has 0 bridgehead atoms. The largest absolute Gasteiger partial charge is 0.107 e. The monoisotopic (exact) mass is 558 g/mol. The fourth-order valence-corrected chi connectivity index (χ4v) is 11.1. The van der Waals surface area contributed by atoms with Gasteiger partial charge in [-0.25, -0.2) is 0 Å². The number of allylic oxidation sites excluding steroid dienone is 2. The van der Waals surface area contributed by atoms with E-state index in [-0.39, 0.29) is 0 Å². The van der Waals surface area contributed by atoms with Crippen LogP contribution in [0.3, 0.4) is 0 Å². The molecular weight excluding hydrogens is 521 g/mol. The molecule has 1 heteroatoms. The Morgan fingerprint density at radius 1 is 0.548 bits per heavy atom. The molecule has 0 nitrogen and oxygen atoms in total. The smallest absolute Gasteiger partial charge is 0.0712 e. The number of aryl methyl sites for hydroxylation is 3. The molecule has 0 N–H and O–H groups in total. The molecule has 5 aromatic rings. The van der Waals surface area contributed by atoms with Crippen LogP contribution in [0.4, 0.5) is 0 Å². The highest BCUT2D eigenvalue weighted by molar-refractivity contribution is 6.93. The van der Waals surface area contributed by atoms with Crippen LogP contribution in [-0.4, -0.2) is 8.07 Å². The van der Waals surface area contributed by atoms with Crippen molar-refractivity contribution in [2.75, 3.05) is 0 Å². The second-order valence-electron chi connectivity index (χ2n) is 12.5. The molecule has 0 amide bonds. The number of fused-ring (bicyclic) bond motifs is 2. The Morgan fingerprint density at radius 3 is 1.55 bits per heavy atom. The van der Waals surface area contributed by atoms with Gasteiger partial charge in [0.2, 0.25) is 0 Å². The number of hydrogen-bond acceptors (Lipinski definition) is 0. The van der Waals surface area contributed by atoms with E-state index in [0.29, 0.717) is 0 Å². The van der Waals surface area contributed by atoms with Crippen LogP contribution < -0.4 is 0 Å². The zero-order chi connectivity index (χ0) is 28.7. The van der Waals surface area contributed by atoms with E-state index >= 15 is 0 Å². The SMILES string of the molecule is Cc1cccc(-c2cccc3c2C=C([Si](C)(CCc2ccccc2)C2=Cc4c(cccc4-c4cccc(C)c4)C2)C3)c1. The van der Waals surface area contributed by atoms with E-state index in [9.17, 15) is 0 Å². The van der Waals surface area contributed by atoms with Gasteiger partial charge in [-0.15, -0.1) is 0 Å². The van der Waals surface area contributed by atoms with Gasteiger partial charge in [0.15, 0.2) is 0 Å². The molecule has 0 fully saturated rings. The van der Waals surface area contributed by atoms with Crippen molar-refractivity contribution in [1.82, 2.24) is 0 Å². The highest BCUT2D eigenvalue weighted by Crippen LogP contribution is 2.45. The first-order valence-corrected chi connectivity index (χ1v) is 18.0. The van der Waals surface area contributed by atoms with Crippen molar-refractivity contribution in [3.8, 4) is 22.3 Å². The number of hydrogen-bond donors (Lipinski definition) is 0. The van der Waals surface area contributed by atoms with Crippen molar-refractivity contribution >= 4 is 20.2 Å². The van der Waals surface area contributed by atoms with Gasteiger partial charge >= 0.3 is 0 Å². The van der Waals surface area contributed by atoms with E-state index in [1.54, 1.807) is 10.4 Å². The maximum atomic E-state index is 2.66. The van der Waals surface area contributed by atoms with Gasteiger partial charge in [0.05, 0.1) is 0 Å². The first kappa shape index (κ1) is 26.7. The van der Waals surface area contributed by atoms with Crippen LogP contribution in [0.5, 0.6) is 0 Å². The molecule has 5 aromatic carbocycles. The highest BCUT2D eigenvalue weighted by Gasteiger charge is 2.39. The van der Waals surface area contributed by atoms with Gasteiger partial charge in [-0.05, 0) is 89.2 Å². The lowest BCUT2D eigenvalue weighted by molar-refractivity contribution is 1.07. The van der Waals surface area contributed by atoms with Crippen LogP contribution in [0.2, 0.25) is 12.6 Å². The predicted octanol–water partition coefficient (Wildman–Crippen LogP) is 10.6. The van der Waals surface area contributed by atoms with Gasteiger partial charge in [0.25, 0.3) is 0 Å². The Morgan fingerprint density at radius 2 is 1.05 bits per heavy atom. The van der Waals surface area contributed by atoms with Crippen molar-refractivity contribution in [2.24, 2.45) is 0 Å². The highest BCUT2D eigenvalue weighted by atomic mass is 28.3. The molecule has 0 radical (unpaired) electrons. The van der Waals surface area contributed by atoms with Gasteiger partial charge in [-0.1, -0.05) is 155 Å². The first-order chi connectivity index (χ1) is 20.5. The minimum absolute atomic E-state index is 1.07. The normalized spacial score (nSPS) is 13.9. The summed E-state index contributed by atoms with van der Waals surface area (Å²) in [7, 11) is -2.01. The Balaban J connectivity index is 1.32. The number of rotatable bonds is 7. The summed E-state index contributed by atoms with van der Waals surface area (Å²) in [6.07, 6.45) is 8.49. The van der Waals surface area contributed by atoms with E-state index in [1.807, 2.05) is 0 Å². The van der Waals surface area contributed by atoms with Crippen molar-refractivity contribution in [3.05, 3.63) is 165 Å². The van der Waals surface area contributed by atoms with Gasteiger partial charge in [0, 0.05) is 0 Å². The zero-order valence-corrected chi connectivity index (χ0v) is 26.0. The molecule has 2 aliphatic carbocycles. The summed E-state index contributed by atoms with van der Waals surface area (Å²) < 4.78 is 0. The molecule has 0 unspecified atom stereocenters. The summed E-state index contributed by atoms with van der Waals surface area (Å²) in [5.41, 5.74) is 15.3. The Bertz CT molecular complexity index is 1740. The summed E-state index contributed by atoms with van der Waals surface area (Å²) in [5.74, 6) is 0. The summed E-state index contributed by atoms with van der Waals surface area (Å²) in [6.45, 7) is 7.04. The van der Waals surface area contributed by atoms with Crippen molar-refractivity contribution in [3.63, 3.8) is 0 Å². The lowest BCUT2D eigenvalue weighted by atomic mass is 9.96. The standard InChI is InChI=1S/C41H38Si/c1-29-11-7-15-32(23-29)38-19-9-17-34-25-36(27-40(34)38)42(3,22-21-31-13-5-4-6-14-31)37-26-35-18-10-20-39(41(35)28-37)33-16-8-12-30(2)24-33/h4-20,23-24,27-28H,21-22,25-26H2,1-3H3. The fraction of sp³-hybridized carbons (Fsp3) is 0.171. The molecule has 7 rings (SSSR count). The van der Waals surface area contributed by atoms with Crippen LogP contribution >= 0.6 is 0 Å². The zero-order valence-electron chi connectivity index (χ0n) is 25.0. The first-order valence-electron chi connectivity index (χ1n) is 15.3. The lowest BCUT2D eigenvalue weighted by Gasteiger charge is -2.31. The molecular formula is C41H38Si. The van der Waals surface area contributed by atoms with E-state index in [2.05, 4.69) is 148 Å². The van der Waals surface area contributed by atoms with E-state index in [0.717, 1.165) is 19.3 Å². The number of benzene rings is 5. The predicted molar refractivity (Wildman–Crippen MR) is 183 cm³/mol. The summed E-state index contributed by atoms with van der Waals surface area (Å²) in [6, 6.07) is 44.2. The maximum absolute atomic E-state index is 2.66. The molecule has 0 aromatic heterocycles. The molecule has 2 aliphatic rings. The van der Waals surface area contributed by atoms with Crippen LogP contribution in [0.25, 0.3) is 34.4 Å². The van der Waals surface area contributed by atoms with E-state index < -0.39 is 8.07 Å². The van der Waals surface area contributed by atoms with Crippen molar-refractivity contribution in [1.29, 1.82) is 0 Å². The molecule has 0 saturated heterocycles. The van der Waals surface area contributed by atoms with Crippen LogP contribution in [0, 0.1) is 13.8 Å². The van der Waals surface area contributed by atoms with Crippen molar-refractivity contribution < 1.29 is 0 Å². The average molecular weight is 559 g/mol. The Labute approximate surface area is 252 Å². The average Bonchev–Trinajstić information content (AvgIpc) is 3.66. The fourth-order valence-electron chi connectivity index (χ4n) is 7.14. The molecule has 0 aliphatic heterocycles. The van der Waals surface area contributed by atoms with Gasteiger partial charge in [-0.3, -0.25) is 0 Å². The summed E-state index contributed by atoms with van der Waals surface area (Å²) in [4.78, 5) is 0. The van der Waals surface area contributed by atoms with Gasteiger partial charge < -0.3 is 0 Å².